The maximum Gasteiger partial charge on any atom is 0.240 e. The largest absolute Gasteiger partial charge is 0.394 e. The van der Waals surface area contributed by atoms with Crippen molar-refractivity contribution in [2.45, 2.75) is 32.2 Å². The minimum atomic E-state index is -0.549. The number of thioether (sulfide) groups is 1. The summed E-state index contributed by atoms with van der Waals surface area (Å²) in [5.74, 6) is 0.850. The molecule has 0 aromatic heterocycles. The SMILES string of the molecule is CCC(CC)(CO)NC(=O)CN1CSCC1=O. The summed E-state index contributed by atoms with van der Waals surface area (Å²) < 4.78 is 0. The third-order valence-corrected chi connectivity index (χ3v) is 4.17. The van der Waals surface area contributed by atoms with Crippen LogP contribution < -0.4 is 5.32 Å². The second-order valence-corrected chi connectivity index (χ2v) is 5.22. The zero-order chi connectivity index (χ0) is 12.9. The number of aliphatic hydroxyl groups is 1. The molecule has 0 atom stereocenters. The Bertz CT molecular complexity index is 284. The van der Waals surface area contributed by atoms with E-state index in [1.165, 1.54) is 16.7 Å². The first-order valence-corrected chi connectivity index (χ1v) is 6.99. The molecular formula is C11H20N2O3S. The number of hydrogen-bond donors (Lipinski definition) is 2. The average molecular weight is 260 g/mol. The van der Waals surface area contributed by atoms with E-state index in [1.54, 1.807) is 0 Å². The lowest BCUT2D eigenvalue weighted by molar-refractivity contribution is -0.133. The van der Waals surface area contributed by atoms with Crippen molar-refractivity contribution in [3.05, 3.63) is 0 Å². The Labute approximate surface area is 106 Å². The van der Waals surface area contributed by atoms with Crippen LogP contribution in [0.5, 0.6) is 0 Å². The summed E-state index contributed by atoms with van der Waals surface area (Å²) in [6, 6.07) is 0. The van der Waals surface area contributed by atoms with E-state index in [4.69, 9.17) is 0 Å². The number of aliphatic hydroxyl groups excluding tert-OH is 1. The Morgan fingerprint density at radius 3 is 2.59 bits per heavy atom. The van der Waals surface area contributed by atoms with Crippen LogP contribution in [0, 0.1) is 0 Å². The molecule has 1 aliphatic rings. The van der Waals surface area contributed by atoms with E-state index in [9.17, 15) is 14.7 Å². The Balaban J connectivity index is 2.50. The maximum atomic E-state index is 11.8. The highest BCUT2D eigenvalue weighted by Crippen LogP contribution is 2.16. The van der Waals surface area contributed by atoms with Gasteiger partial charge in [0.25, 0.3) is 0 Å². The molecule has 1 rings (SSSR count). The van der Waals surface area contributed by atoms with Gasteiger partial charge < -0.3 is 15.3 Å². The van der Waals surface area contributed by atoms with Gasteiger partial charge in [-0.25, -0.2) is 0 Å². The Hall–Kier alpha value is -0.750. The van der Waals surface area contributed by atoms with E-state index in [0.717, 1.165) is 0 Å². The van der Waals surface area contributed by atoms with Gasteiger partial charge in [0, 0.05) is 0 Å². The summed E-state index contributed by atoms with van der Waals surface area (Å²) in [5.41, 5.74) is -0.549. The van der Waals surface area contributed by atoms with E-state index in [2.05, 4.69) is 5.32 Å². The molecule has 0 unspecified atom stereocenters. The fraction of sp³-hybridized carbons (Fsp3) is 0.818. The minimum absolute atomic E-state index is 0.00717. The van der Waals surface area contributed by atoms with Crippen LogP contribution in [0.4, 0.5) is 0 Å². The van der Waals surface area contributed by atoms with Crippen molar-refractivity contribution in [3.8, 4) is 0 Å². The highest BCUT2D eigenvalue weighted by Gasteiger charge is 2.29. The van der Waals surface area contributed by atoms with Gasteiger partial charge in [-0.15, -0.1) is 11.8 Å². The number of rotatable bonds is 6. The van der Waals surface area contributed by atoms with E-state index in [-0.39, 0.29) is 25.0 Å². The van der Waals surface area contributed by atoms with Crippen molar-refractivity contribution in [2.75, 3.05) is 24.8 Å². The summed E-state index contributed by atoms with van der Waals surface area (Å²) in [6.07, 6.45) is 1.35. The molecule has 98 valence electrons. The van der Waals surface area contributed by atoms with Gasteiger partial charge in [-0.05, 0) is 12.8 Å². The van der Waals surface area contributed by atoms with Crippen LogP contribution in [0.2, 0.25) is 0 Å². The van der Waals surface area contributed by atoms with Gasteiger partial charge in [0.1, 0.15) is 6.54 Å². The van der Waals surface area contributed by atoms with Gasteiger partial charge in [-0.3, -0.25) is 9.59 Å². The summed E-state index contributed by atoms with van der Waals surface area (Å²) >= 11 is 1.51. The fourth-order valence-electron chi connectivity index (χ4n) is 1.74. The smallest absolute Gasteiger partial charge is 0.240 e. The van der Waals surface area contributed by atoms with Crippen LogP contribution in [0.1, 0.15) is 26.7 Å². The summed E-state index contributed by atoms with van der Waals surface area (Å²) in [5, 5.41) is 12.2. The number of nitrogens with zero attached hydrogens (tertiary/aromatic N) is 1. The molecule has 0 radical (unpaired) electrons. The standard InChI is InChI=1S/C11H20N2O3S/c1-3-11(4-2,7-14)12-9(15)5-13-8-17-6-10(13)16/h14H,3-8H2,1-2H3,(H,12,15). The topological polar surface area (TPSA) is 69.6 Å². The maximum absolute atomic E-state index is 11.8. The molecule has 6 heteroatoms. The predicted octanol–water partition coefficient (Wildman–Crippen LogP) is 0.187. The van der Waals surface area contributed by atoms with Gasteiger partial charge >= 0.3 is 0 Å². The molecule has 1 aliphatic heterocycles. The van der Waals surface area contributed by atoms with Crippen molar-refractivity contribution >= 4 is 23.6 Å². The summed E-state index contributed by atoms with van der Waals surface area (Å²) in [7, 11) is 0. The Morgan fingerprint density at radius 2 is 2.18 bits per heavy atom. The minimum Gasteiger partial charge on any atom is -0.394 e. The highest BCUT2D eigenvalue weighted by molar-refractivity contribution is 8.00. The fourth-order valence-corrected chi connectivity index (χ4v) is 2.64. The third-order valence-electron chi connectivity index (χ3n) is 3.22. The predicted molar refractivity (Wildman–Crippen MR) is 67.6 cm³/mol. The lowest BCUT2D eigenvalue weighted by Crippen LogP contribution is -2.53. The van der Waals surface area contributed by atoms with Gasteiger partial charge in [-0.2, -0.15) is 0 Å². The molecule has 0 aliphatic carbocycles. The first-order valence-electron chi connectivity index (χ1n) is 5.84. The molecule has 0 aromatic carbocycles. The van der Waals surface area contributed by atoms with Crippen LogP contribution in [-0.2, 0) is 9.59 Å². The normalized spacial score (nSPS) is 16.4. The molecule has 2 N–H and O–H groups in total. The molecule has 1 saturated heterocycles. The van der Waals surface area contributed by atoms with Crippen LogP contribution in [0.25, 0.3) is 0 Å². The zero-order valence-electron chi connectivity index (χ0n) is 10.4. The Kier molecular flexibility index (Phi) is 5.27. The number of hydrogen-bond acceptors (Lipinski definition) is 4. The highest BCUT2D eigenvalue weighted by atomic mass is 32.2. The van der Waals surface area contributed by atoms with Gasteiger partial charge in [-0.1, -0.05) is 13.8 Å². The molecule has 0 aromatic rings. The monoisotopic (exact) mass is 260 g/mol. The number of carbonyl (C=O) groups is 2. The molecular weight excluding hydrogens is 240 g/mol. The first kappa shape index (κ1) is 14.3. The van der Waals surface area contributed by atoms with Crippen LogP contribution in [0.15, 0.2) is 0 Å². The van der Waals surface area contributed by atoms with E-state index in [1.807, 2.05) is 13.8 Å². The lowest BCUT2D eigenvalue weighted by Gasteiger charge is -2.31. The van der Waals surface area contributed by atoms with Crippen molar-refractivity contribution in [1.82, 2.24) is 10.2 Å². The molecule has 0 spiro atoms. The van der Waals surface area contributed by atoms with Crippen LogP contribution >= 0.6 is 11.8 Å². The average Bonchev–Trinajstić information content (AvgIpc) is 2.72. The number of amides is 2. The van der Waals surface area contributed by atoms with Gasteiger partial charge in [0.15, 0.2) is 0 Å². The van der Waals surface area contributed by atoms with Crippen LogP contribution in [0.3, 0.4) is 0 Å². The van der Waals surface area contributed by atoms with Gasteiger partial charge in [0.05, 0.1) is 23.8 Å². The molecule has 17 heavy (non-hydrogen) atoms. The summed E-state index contributed by atoms with van der Waals surface area (Å²) in [6.45, 7) is 3.87. The zero-order valence-corrected chi connectivity index (χ0v) is 11.2. The molecule has 1 heterocycles. The second-order valence-electron chi connectivity index (χ2n) is 4.26. The lowest BCUT2D eigenvalue weighted by atomic mass is 9.94. The van der Waals surface area contributed by atoms with Crippen molar-refractivity contribution in [2.24, 2.45) is 0 Å². The number of nitrogens with one attached hydrogen (secondary N) is 1. The second kappa shape index (κ2) is 6.26. The molecule has 2 amide bonds. The third kappa shape index (κ3) is 3.61. The van der Waals surface area contributed by atoms with Crippen molar-refractivity contribution < 1.29 is 14.7 Å². The summed E-state index contributed by atoms with van der Waals surface area (Å²) in [4.78, 5) is 24.7. The van der Waals surface area contributed by atoms with Crippen molar-refractivity contribution in [1.29, 1.82) is 0 Å². The van der Waals surface area contributed by atoms with Crippen LogP contribution in [-0.4, -0.2) is 52.1 Å². The van der Waals surface area contributed by atoms with E-state index < -0.39 is 5.54 Å². The molecule has 0 saturated carbocycles. The quantitative estimate of drug-likeness (QED) is 0.715. The molecule has 5 nitrogen and oxygen atoms in total. The van der Waals surface area contributed by atoms with E-state index in [0.29, 0.717) is 24.5 Å². The van der Waals surface area contributed by atoms with Crippen molar-refractivity contribution in [3.63, 3.8) is 0 Å². The number of carbonyl (C=O) groups excluding carboxylic acids is 2. The van der Waals surface area contributed by atoms with E-state index >= 15 is 0 Å². The molecule has 0 bridgehead atoms. The molecule has 1 fully saturated rings. The Morgan fingerprint density at radius 1 is 1.53 bits per heavy atom. The van der Waals surface area contributed by atoms with Gasteiger partial charge in [0.2, 0.25) is 11.8 Å². The first-order chi connectivity index (χ1) is 8.06.